The van der Waals surface area contributed by atoms with Crippen LogP contribution >= 0.6 is 0 Å². The molecule has 4 amide bonds. The van der Waals surface area contributed by atoms with E-state index in [0.717, 1.165) is 25.9 Å². The number of rotatable bonds is 7. The van der Waals surface area contributed by atoms with Gasteiger partial charge >= 0.3 is 0 Å². The fourth-order valence-electron chi connectivity index (χ4n) is 4.10. The molecule has 2 aliphatic rings. The first-order valence-corrected chi connectivity index (χ1v) is 10.7. The van der Waals surface area contributed by atoms with Crippen LogP contribution in [0.1, 0.15) is 55.9 Å². The molecule has 8 heteroatoms. The molecule has 166 valence electrons. The standard InChI is InChI=1S/C24H25N3O5/c1-32-20-9-8-16(15-27-23(30)17-6-2-3-7-18(17)24(27)31)14-19(20)22(29)25-11-10-21(28)26-12-4-5-13-26/h2-3,6-9,14H,4-5,10-13,15H2,1H3,(H,25,29). The van der Waals surface area contributed by atoms with Crippen molar-refractivity contribution < 1.29 is 23.9 Å². The summed E-state index contributed by atoms with van der Waals surface area (Å²) in [5.41, 5.74) is 1.67. The highest BCUT2D eigenvalue weighted by molar-refractivity contribution is 6.21. The van der Waals surface area contributed by atoms with Crippen molar-refractivity contribution in [3.8, 4) is 5.75 Å². The smallest absolute Gasteiger partial charge is 0.261 e. The Balaban J connectivity index is 1.43. The Hall–Kier alpha value is -3.68. The molecular weight excluding hydrogens is 410 g/mol. The Bertz CT molecular complexity index is 1040. The van der Waals surface area contributed by atoms with E-state index < -0.39 is 0 Å². The summed E-state index contributed by atoms with van der Waals surface area (Å²) < 4.78 is 5.31. The summed E-state index contributed by atoms with van der Waals surface area (Å²) in [5.74, 6) is -0.672. The van der Waals surface area contributed by atoms with Crippen LogP contribution in [0.5, 0.6) is 5.75 Å². The number of hydrogen-bond donors (Lipinski definition) is 1. The summed E-state index contributed by atoms with van der Waals surface area (Å²) in [6.45, 7) is 1.82. The van der Waals surface area contributed by atoms with E-state index in [9.17, 15) is 19.2 Å². The molecule has 1 N–H and O–H groups in total. The minimum atomic E-state index is -0.375. The third-order valence-electron chi connectivity index (χ3n) is 5.81. The van der Waals surface area contributed by atoms with Crippen molar-refractivity contribution in [2.24, 2.45) is 0 Å². The van der Waals surface area contributed by atoms with Crippen molar-refractivity contribution in [3.05, 3.63) is 64.7 Å². The molecule has 0 spiro atoms. The van der Waals surface area contributed by atoms with Crippen LogP contribution in [0.2, 0.25) is 0 Å². The molecule has 2 heterocycles. The van der Waals surface area contributed by atoms with Crippen LogP contribution in [-0.4, -0.2) is 60.2 Å². The average molecular weight is 435 g/mol. The molecule has 8 nitrogen and oxygen atoms in total. The fraction of sp³-hybridized carbons (Fsp3) is 0.333. The van der Waals surface area contributed by atoms with Gasteiger partial charge in [0.2, 0.25) is 5.91 Å². The summed E-state index contributed by atoms with van der Waals surface area (Å²) in [4.78, 5) is 53.2. The van der Waals surface area contributed by atoms with Gasteiger partial charge in [0, 0.05) is 26.1 Å². The van der Waals surface area contributed by atoms with Crippen molar-refractivity contribution in [2.75, 3.05) is 26.7 Å². The number of nitrogens with zero attached hydrogens (tertiary/aromatic N) is 2. The maximum absolute atomic E-state index is 12.8. The molecule has 1 saturated heterocycles. The summed E-state index contributed by atoms with van der Waals surface area (Å²) in [6, 6.07) is 11.7. The lowest BCUT2D eigenvalue weighted by Crippen LogP contribution is -2.33. The number of fused-ring (bicyclic) bond motifs is 1. The molecule has 0 aliphatic carbocycles. The highest BCUT2D eigenvalue weighted by Gasteiger charge is 2.35. The van der Waals surface area contributed by atoms with Gasteiger partial charge in [-0.1, -0.05) is 18.2 Å². The van der Waals surface area contributed by atoms with Crippen molar-refractivity contribution in [3.63, 3.8) is 0 Å². The number of methoxy groups -OCH3 is 1. The maximum atomic E-state index is 12.8. The van der Waals surface area contributed by atoms with Crippen molar-refractivity contribution in [2.45, 2.75) is 25.8 Å². The van der Waals surface area contributed by atoms with E-state index in [1.165, 1.54) is 12.0 Å². The third kappa shape index (κ3) is 4.21. The first-order valence-electron chi connectivity index (χ1n) is 10.7. The van der Waals surface area contributed by atoms with Crippen LogP contribution in [0.15, 0.2) is 42.5 Å². The monoisotopic (exact) mass is 435 g/mol. The molecule has 0 atom stereocenters. The van der Waals surface area contributed by atoms with E-state index in [4.69, 9.17) is 4.74 Å². The minimum absolute atomic E-state index is 0.0362. The largest absolute Gasteiger partial charge is 0.496 e. The molecular formula is C24H25N3O5. The van der Waals surface area contributed by atoms with E-state index >= 15 is 0 Å². The first kappa shape index (κ1) is 21.5. The Kier molecular flexibility index (Phi) is 6.20. The van der Waals surface area contributed by atoms with Crippen molar-refractivity contribution in [1.29, 1.82) is 0 Å². The molecule has 0 radical (unpaired) electrons. The van der Waals surface area contributed by atoms with Gasteiger partial charge in [-0.05, 0) is 42.7 Å². The average Bonchev–Trinajstić information content (AvgIpc) is 3.43. The molecule has 0 saturated carbocycles. The Morgan fingerprint density at radius 1 is 1.00 bits per heavy atom. The second kappa shape index (κ2) is 9.21. The Morgan fingerprint density at radius 2 is 1.66 bits per heavy atom. The van der Waals surface area contributed by atoms with Crippen LogP contribution in [0.3, 0.4) is 0 Å². The summed E-state index contributed by atoms with van der Waals surface area (Å²) in [7, 11) is 1.47. The second-order valence-corrected chi connectivity index (χ2v) is 7.87. The lowest BCUT2D eigenvalue weighted by molar-refractivity contribution is -0.129. The van der Waals surface area contributed by atoms with Crippen molar-refractivity contribution >= 4 is 23.6 Å². The Morgan fingerprint density at radius 3 is 2.28 bits per heavy atom. The van der Waals surface area contributed by atoms with Crippen molar-refractivity contribution in [1.82, 2.24) is 15.1 Å². The SMILES string of the molecule is COc1ccc(CN2C(=O)c3ccccc3C2=O)cc1C(=O)NCCC(=O)N1CCCC1. The number of imide groups is 1. The normalized spacial score (nSPS) is 15.2. The number of carbonyl (C=O) groups is 4. The van der Waals surface area contributed by atoms with E-state index in [2.05, 4.69) is 5.32 Å². The number of nitrogens with one attached hydrogen (secondary N) is 1. The van der Waals surface area contributed by atoms with Crippen LogP contribution < -0.4 is 10.1 Å². The zero-order chi connectivity index (χ0) is 22.7. The lowest BCUT2D eigenvalue weighted by atomic mass is 10.1. The molecule has 0 aromatic heterocycles. The van der Waals surface area contributed by atoms with Gasteiger partial charge in [0.05, 0.1) is 30.3 Å². The van der Waals surface area contributed by atoms with E-state index in [1.54, 1.807) is 42.5 Å². The number of carbonyl (C=O) groups excluding carboxylic acids is 4. The van der Waals surface area contributed by atoms with E-state index in [-0.39, 0.29) is 48.7 Å². The zero-order valence-corrected chi connectivity index (χ0v) is 17.9. The van der Waals surface area contributed by atoms with Gasteiger partial charge in [0.15, 0.2) is 0 Å². The highest BCUT2D eigenvalue weighted by atomic mass is 16.5. The summed E-state index contributed by atoms with van der Waals surface area (Å²) >= 11 is 0. The molecule has 0 unspecified atom stereocenters. The predicted octanol–water partition coefficient (Wildman–Crippen LogP) is 2.23. The number of hydrogen-bond acceptors (Lipinski definition) is 5. The van der Waals surface area contributed by atoms with Gasteiger partial charge in [0.25, 0.3) is 17.7 Å². The number of amides is 4. The molecule has 0 bridgehead atoms. The quantitative estimate of drug-likeness (QED) is 0.673. The summed E-state index contributed by atoms with van der Waals surface area (Å²) in [5, 5.41) is 2.77. The fourth-order valence-corrected chi connectivity index (χ4v) is 4.10. The van der Waals surface area contributed by atoms with E-state index in [1.807, 2.05) is 4.90 Å². The Labute approximate surface area is 186 Å². The van der Waals surface area contributed by atoms with E-state index in [0.29, 0.717) is 22.4 Å². The van der Waals surface area contributed by atoms with Crippen LogP contribution in [0.25, 0.3) is 0 Å². The molecule has 4 rings (SSSR count). The molecule has 2 aromatic rings. The molecule has 1 fully saturated rings. The first-order chi connectivity index (χ1) is 15.5. The predicted molar refractivity (Wildman–Crippen MR) is 116 cm³/mol. The maximum Gasteiger partial charge on any atom is 0.261 e. The topological polar surface area (TPSA) is 96.0 Å². The van der Waals surface area contributed by atoms with Gasteiger partial charge in [-0.2, -0.15) is 0 Å². The minimum Gasteiger partial charge on any atom is -0.496 e. The lowest BCUT2D eigenvalue weighted by Gasteiger charge is -2.17. The van der Waals surface area contributed by atoms with Crippen LogP contribution in [0, 0.1) is 0 Å². The second-order valence-electron chi connectivity index (χ2n) is 7.87. The van der Waals surface area contributed by atoms with Gasteiger partial charge in [-0.15, -0.1) is 0 Å². The molecule has 32 heavy (non-hydrogen) atoms. The number of benzene rings is 2. The zero-order valence-electron chi connectivity index (χ0n) is 17.9. The highest BCUT2D eigenvalue weighted by Crippen LogP contribution is 2.26. The number of likely N-dealkylation sites (tertiary alicyclic amines) is 1. The van der Waals surface area contributed by atoms with Gasteiger partial charge in [-0.3, -0.25) is 24.1 Å². The van der Waals surface area contributed by atoms with Crippen LogP contribution in [0.4, 0.5) is 0 Å². The van der Waals surface area contributed by atoms with Gasteiger partial charge < -0.3 is 15.0 Å². The van der Waals surface area contributed by atoms with Gasteiger partial charge in [0.1, 0.15) is 5.75 Å². The number of ether oxygens (including phenoxy) is 1. The molecule has 2 aliphatic heterocycles. The third-order valence-corrected chi connectivity index (χ3v) is 5.81. The summed E-state index contributed by atoms with van der Waals surface area (Å²) in [6.07, 6.45) is 2.28. The molecule has 2 aromatic carbocycles. The van der Waals surface area contributed by atoms with Gasteiger partial charge in [-0.25, -0.2) is 0 Å². The van der Waals surface area contributed by atoms with Crippen LogP contribution in [-0.2, 0) is 11.3 Å².